The Morgan fingerprint density at radius 2 is 1.68 bits per heavy atom. The van der Waals surface area contributed by atoms with Crippen molar-refractivity contribution in [2.45, 2.75) is 38.0 Å². The van der Waals surface area contributed by atoms with Crippen LogP contribution in [0, 0.1) is 23.2 Å². The molecule has 1 aromatic rings. The summed E-state index contributed by atoms with van der Waals surface area (Å²) in [5.41, 5.74) is 0.796. The maximum absolute atomic E-state index is 12.0. The Kier molecular flexibility index (Phi) is 2.33. The van der Waals surface area contributed by atoms with Crippen molar-refractivity contribution in [3.05, 3.63) is 35.9 Å². The maximum atomic E-state index is 12.0. The van der Waals surface area contributed by atoms with Crippen LogP contribution in [0.2, 0.25) is 0 Å². The summed E-state index contributed by atoms with van der Waals surface area (Å²) >= 11 is 0. The van der Waals surface area contributed by atoms with E-state index in [9.17, 15) is 9.90 Å². The van der Waals surface area contributed by atoms with E-state index in [1.54, 1.807) is 0 Å². The van der Waals surface area contributed by atoms with Crippen molar-refractivity contribution < 1.29 is 9.90 Å². The molecule has 4 aliphatic rings. The second kappa shape index (κ2) is 3.84. The van der Waals surface area contributed by atoms with Gasteiger partial charge in [0.15, 0.2) is 0 Å². The number of benzene rings is 1. The van der Waals surface area contributed by atoms with Gasteiger partial charge in [-0.1, -0.05) is 30.3 Å². The molecule has 3 unspecified atom stereocenters. The van der Waals surface area contributed by atoms with Crippen LogP contribution in [0.15, 0.2) is 30.3 Å². The van der Waals surface area contributed by atoms with E-state index in [0.29, 0.717) is 17.8 Å². The van der Waals surface area contributed by atoms with Gasteiger partial charge in [-0.25, -0.2) is 0 Å². The predicted molar refractivity (Wildman–Crippen MR) is 72.8 cm³/mol. The number of carboxylic acids is 1. The van der Waals surface area contributed by atoms with E-state index in [1.165, 1.54) is 24.8 Å². The zero-order chi connectivity index (χ0) is 13.0. The van der Waals surface area contributed by atoms with Crippen LogP contribution in [0.4, 0.5) is 0 Å². The lowest BCUT2D eigenvalue weighted by Crippen LogP contribution is -2.55. The standard InChI is InChI=1S/C17H20O2/c18-16(19)17-9-11-6-12(10-17)8-14(7-11)15(17)13-4-2-1-3-5-13/h1-5,11-12,14-15H,6-10H2,(H,18,19). The molecule has 4 aliphatic carbocycles. The lowest BCUT2D eigenvalue weighted by atomic mass is 9.44. The monoisotopic (exact) mass is 256 g/mol. The van der Waals surface area contributed by atoms with E-state index in [-0.39, 0.29) is 5.92 Å². The first kappa shape index (κ1) is 11.5. The molecule has 4 bridgehead atoms. The Balaban J connectivity index is 1.82. The van der Waals surface area contributed by atoms with Crippen molar-refractivity contribution in [1.82, 2.24) is 0 Å². The Hall–Kier alpha value is -1.31. The Morgan fingerprint density at radius 3 is 2.26 bits per heavy atom. The van der Waals surface area contributed by atoms with Crippen LogP contribution in [-0.2, 0) is 4.79 Å². The summed E-state index contributed by atoms with van der Waals surface area (Å²) in [5.74, 6) is 1.66. The summed E-state index contributed by atoms with van der Waals surface area (Å²) < 4.78 is 0. The molecule has 4 saturated carbocycles. The highest BCUT2D eigenvalue weighted by Crippen LogP contribution is 2.66. The van der Waals surface area contributed by atoms with Gasteiger partial charge in [0.1, 0.15) is 0 Å². The van der Waals surface area contributed by atoms with Gasteiger partial charge in [-0.05, 0) is 55.4 Å². The molecule has 100 valence electrons. The highest BCUT2D eigenvalue weighted by molar-refractivity contribution is 5.77. The first-order chi connectivity index (χ1) is 9.19. The summed E-state index contributed by atoms with van der Waals surface area (Å²) in [6.07, 6.45) is 5.62. The molecule has 2 nitrogen and oxygen atoms in total. The molecule has 4 fully saturated rings. The highest BCUT2D eigenvalue weighted by Gasteiger charge is 2.61. The largest absolute Gasteiger partial charge is 0.481 e. The number of rotatable bonds is 2. The smallest absolute Gasteiger partial charge is 0.310 e. The highest BCUT2D eigenvalue weighted by atomic mass is 16.4. The quantitative estimate of drug-likeness (QED) is 0.876. The minimum atomic E-state index is -0.541. The SMILES string of the molecule is O=C(O)C12CC3CC(CC(C3)C1c1ccccc1)C2. The number of hydrogen-bond acceptors (Lipinski definition) is 1. The van der Waals surface area contributed by atoms with Crippen LogP contribution in [0.25, 0.3) is 0 Å². The van der Waals surface area contributed by atoms with Crippen LogP contribution >= 0.6 is 0 Å². The van der Waals surface area contributed by atoms with Gasteiger partial charge in [0.05, 0.1) is 5.41 Å². The van der Waals surface area contributed by atoms with Gasteiger partial charge in [-0.3, -0.25) is 4.79 Å². The zero-order valence-corrected chi connectivity index (χ0v) is 11.1. The molecule has 1 N–H and O–H groups in total. The van der Waals surface area contributed by atoms with Crippen LogP contribution < -0.4 is 0 Å². The van der Waals surface area contributed by atoms with E-state index in [2.05, 4.69) is 24.3 Å². The van der Waals surface area contributed by atoms with Crippen LogP contribution in [-0.4, -0.2) is 11.1 Å². The average Bonchev–Trinajstić information content (AvgIpc) is 2.38. The Labute approximate surface area is 113 Å². The molecular formula is C17H20O2. The Morgan fingerprint density at radius 1 is 1.05 bits per heavy atom. The normalized spacial score (nSPS) is 43.4. The van der Waals surface area contributed by atoms with E-state index in [4.69, 9.17) is 0 Å². The number of carbonyl (C=O) groups is 1. The minimum Gasteiger partial charge on any atom is -0.481 e. The van der Waals surface area contributed by atoms with Gasteiger partial charge in [0.2, 0.25) is 0 Å². The maximum Gasteiger partial charge on any atom is 0.310 e. The fraction of sp³-hybridized carbons (Fsp3) is 0.588. The fourth-order valence-corrected chi connectivity index (χ4v) is 5.60. The van der Waals surface area contributed by atoms with Crippen molar-refractivity contribution in [2.24, 2.45) is 23.2 Å². The third kappa shape index (κ3) is 1.52. The third-order valence-corrected chi connectivity index (χ3v) is 5.90. The van der Waals surface area contributed by atoms with Gasteiger partial charge < -0.3 is 5.11 Å². The number of hydrogen-bond donors (Lipinski definition) is 1. The van der Waals surface area contributed by atoms with Gasteiger partial charge in [-0.2, -0.15) is 0 Å². The van der Waals surface area contributed by atoms with Gasteiger partial charge in [0, 0.05) is 5.92 Å². The lowest BCUT2D eigenvalue weighted by molar-refractivity contribution is -0.169. The molecule has 0 saturated heterocycles. The van der Waals surface area contributed by atoms with Crippen molar-refractivity contribution >= 4 is 5.97 Å². The molecule has 2 heteroatoms. The third-order valence-electron chi connectivity index (χ3n) is 5.90. The summed E-state index contributed by atoms with van der Waals surface area (Å²) in [7, 11) is 0. The molecule has 3 atom stereocenters. The van der Waals surface area contributed by atoms with Gasteiger partial charge >= 0.3 is 5.97 Å². The fourth-order valence-electron chi connectivity index (χ4n) is 5.60. The summed E-state index contributed by atoms with van der Waals surface area (Å²) in [6.45, 7) is 0. The molecule has 5 rings (SSSR count). The lowest BCUT2D eigenvalue weighted by Gasteiger charge is -2.59. The number of aliphatic carboxylic acids is 1. The molecule has 0 radical (unpaired) electrons. The molecule has 19 heavy (non-hydrogen) atoms. The predicted octanol–water partition coefficient (Wildman–Crippen LogP) is 3.68. The average molecular weight is 256 g/mol. The van der Waals surface area contributed by atoms with Crippen molar-refractivity contribution in [3.8, 4) is 0 Å². The van der Waals surface area contributed by atoms with E-state index in [1.807, 2.05) is 6.07 Å². The van der Waals surface area contributed by atoms with Crippen molar-refractivity contribution in [1.29, 1.82) is 0 Å². The summed E-state index contributed by atoms with van der Waals surface area (Å²) in [6, 6.07) is 10.4. The van der Waals surface area contributed by atoms with Crippen LogP contribution in [0.1, 0.15) is 43.6 Å². The molecule has 0 heterocycles. The van der Waals surface area contributed by atoms with Gasteiger partial charge in [-0.15, -0.1) is 0 Å². The second-order valence-electron chi connectivity index (χ2n) is 6.96. The molecule has 0 amide bonds. The molecular weight excluding hydrogens is 236 g/mol. The first-order valence-electron chi connectivity index (χ1n) is 7.47. The first-order valence-corrected chi connectivity index (χ1v) is 7.47. The molecule has 0 aromatic heterocycles. The molecule has 1 aromatic carbocycles. The summed E-state index contributed by atoms with van der Waals surface area (Å²) in [5, 5.41) is 9.91. The zero-order valence-electron chi connectivity index (χ0n) is 11.1. The van der Waals surface area contributed by atoms with E-state index >= 15 is 0 Å². The van der Waals surface area contributed by atoms with Crippen molar-refractivity contribution in [2.75, 3.05) is 0 Å². The molecule has 0 spiro atoms. The van der Waals surface area contributed by atoms with E-state index in [0.717, 1.165) is 12.8 Å². The van der Waals surface area contributed by atoms with Crippen LogP contribution in [0.5, 0.6) is 0 Å². The number of carboxylic acid groups (broad SMARTS) is 1. The van der Waals surface area contributed by atoms with Crippen molar-refractivity contribution in [3.63, 3.8) is 0 Å². The van der Waals surface area contributed by atoms with E-state index < -0.39 is 11.4 Å². The Bertz CT molecular complexity index is 493. The molecule has 0 aliphatic heterocycles. The second-order valence-corrected chi connectivity index (χ2v) is 6.96. The van der Waals surface area contributed by atoms with Gasteiger partial charge in [0.25, 0.3) is 0 Å². The minimum absolute atomic E-state index is 0.249. The topological polar surface area (TPSA) is 37.3 Å². The van der Waals surface area contributed by atoms with Crippen LogP contribution in [0.3, 0.4) is 0 Å². The summed E-state index contributed by atoms with van der Waals surface area (Å²) in [4.78, 5) is 12.0.